The fourth-order valence-electron chi connectivity index (χ4n) is 1.79. The van der Waals surface area contributed by atoms with Gasteiger partial charge in [0.15, 0.2) is 0 Å². The molecule has 1 rings (SSSR count). The zero-order chi connectivity index (χ0) is 13.5. The Morgan fingerprint density at radius 1 is 1.33 bits per heavy atom. The highest BCUT2D eigenvalue weighted by Gasteiger charge is 2.06. The maximum Gasteiger partial charge on any atom is 0.122 e. The lowest BCUT2D eigenvalue weighted by Crippen LogP contribution is -2.34. The van der Waals surface area contributed by atoms with Crippen molar-refractivity contribution in [1.82, 2.24) is 4.90 Å². The van der Waals surface area contributed by atoms with Crippen LogP contribution in [-0.4, -0.2) is 36.5 Å². The number of nitrogens with two attached hydrogens (primary N) is 1. The third-order valence-corrected chi connectivity index (χ3v) is 2.95. The first kappa shape index (κ1) is 14.5. The van der Waals surface area contributed by atoms with Gasteiger partial charge in [-0.15, -0.1) is 0 Å². The fourth-order valence-corrected chi connectivity index (χ4v) is 1.79. The maximum absolute atomic E-state index is 7.30. The molecule has 100 valence electrons. The fraction of sp³-hybridized carbons (Fsp3) is 0.500. The summed E-state index contributed by atoms with van der Waals surface area (Å²) in [5.74, 6) is 0.901. The molecule has 0 aliphatic heterocycles. The van der Waals surface area contributed by atoms with Gasteiger partial charge in [0.05, 0.1) is 0 Å². The van der Waals surface area contributed by atoms with Crippen LogP contribution < -0.4 is 10.5 Å². The van der Waals surface area contributed by atoms with Gasteiger partial charge in [0.1, 0.15) is 18.2 Å². The third-order valence-electron chi connectivity index (χ3n) is 2.95. The van der Waals surface area contributed by atoms with E-state index < -0.39 is 0 Å². The van der Waals surface area contributed by atoms with Crippen LogP contribution in [0.1, 0.15) is 26.3 Å². The summed E-state index contributed by atoms with van der Waals surface area (Å²) in [7, 11) is 0. The van der Waals surface area contributed by atoms with Crippen molar-refractivity contribution in [3.05, 3.63) is 29.8 Å². The second-order valence-electron chi connectivity index (χ2n) is 4.51. The largest absolute Gasteiger partial charge is 0.492 e. The summed E-state index contributed by atoms with van der Waals surface area (Å²) in [6.07, 6.45) is 0. The van der Waals surface area contributed by atoms with Crippen LogP contribution >= 0.6 is 0 Å². The maximum atomic E-state index is 7.30. The minimum atomic E-state index is 0.0820. The van der Waals surface area contributed by atoms with Crippen LogP contribution in [0.4, 0.5) is 0 Å². The van der Waals surface area contributed by atoms with E-state index in [4.69, 9.17) is 15.9 Å². The molecule has 0 fully saturated rings. The number of ether oxygens (including phenoxy) is 1. The Labute approximate surface area is 109 Å². The van der Waals surface area contributed by atoms with Gasteiger partial charge in [-0.3, -0.25) is 10.3 Å². The molecule has 0 saturated carbocycles. The number of hydrogen-bond acceptors (Lipinski definition) is 3. The first-order valence-corrected chi connectivity index (χ1v) is 6.36. The van der Waals surface area contributed by atoms with Crippen molar-refractivity contribution in [3.8, 4) is 5.75 Å². The summed E-state index contributed by atoms with van der Waals surface area (Å²) in [6.45, 7) is 9.15. The van der Waals surface area contributed by atoms with E-state index in [1.54, 1.807) is 12.1 Å². The van der Waals surface area contributed by atoms with Gasteiger partial charge in [0.25, 0.3) is 0 Å². The molecule has 18 heavy (non-hydrogen) atoms. The predicted octanol–water partition coefficient (Wildman–Crippen LogP) is 2.08. The van der Waals surface area contributed by atoms with Crippen molar-refractivity contribution >= 4 is 5.84 Å². The van der Waals surface area contributed by atoms with E-state index in [9.17, 15) is 0 Å². The van der Waals surface area contributed by atoms with Gasteiger partial charge in [0, 0.05) is 18.2 Å². The van der Waals surface area contributed by atoms with Crippen molar-refractivity contribution in [1.29, 1.82) is 5.41 Å². The molecule has 0 aliphatic rings. The number of nitrogen functional groups attached to an aromatic ring is 1. The molecule has 1 aromatic rings. The lowest BCUT2D eigenvalue weighted by Gasteiger charge is -2.24. The highest BCUT2D eigenvalue weighted by Crippen LogP contribution is 2.11. The standard InChI is InChI=1S/C14H23N3O/c1-4-17(11(2)3)9-10-18-13-7-5-12(6-8-13)14(15)16/h5-8,11H,4,9-10H2,1-3H3,(H3,15,16). The summed E-state index contributed by atoms with van der Waals surface area (Å²) < 4.78 is 5.67. The molecule has 0 atom stereocenters. The van der Waals surface area contributed by atoms with E-state index in [0.717, 1.165) is 24.4 Å². The van der Waals surface area contributed by atoms with Crippen molar-refractivity contribution < 1.29 is 4.74 Å². The van der Waals surface area contributed by atoms with Crippen LogP contribution in [0.15, 0.2) is 24.3 Å². The summed E-state index contributed by atoms with van der Waals surface area (Å²) in [5.41, 5.74) is 6.11. The van der Waals surface area contributed by atoms with Crippen molar-refractivity contribution in [2.75, 3.05) is 19.7 Å². The first-order chi connectivity index (χ1) is 8.54. The zero-order valence-corrected chi connectivity index (χ0v) is 11.4. The molecular formula is C14H23N3O. The molecule has 0 radical (unpaired) electrons. The van der Waals surface area contributed by atoms with Crippen molar-refractivity contribution in [3.63, 3.8) is 0 Å². The van der Waals surface area contributed by atoms with Crippen LogP contribution in [-0.2, 0) is 0 Å². The monoisotopic (exact) mass is 249 g/mol. The van der Waals surface area contributed by atoms with Gasteiger partial charge in [-0.05, 0) is 44.7 Å². The molecule has 0 unspecified atom stereocenters. The molecular weight excluding hydrogens is 226 g/mol. The van der Waals surface area contributed by atoms with Gasteiger partial charge < -0.3 is 10.5 Å². The van der Waals surface area contributed by atoms with Crippen LogP contribution in [0.25, 0.3) is 0 Å². The summed E-state index contributed by atoms with van der Waals surface area (Å²) >= 11 is 0. The summed E-state index contributed by atoms with van der Waals surface area (Å²) in [5, 5.41) is 7.30. The smallest absolute Gasteiger partial charge is 0.122 e. The van der Waals surface area contributed by atoms with Crippen LogP contribution in [0.2, 0.25) is 0 Å². The first-order valence-electron chi connectivity index (χ1n) is 6.36. The Morgan fingerprint density at radius 2 is 1.94 bits per heavy atom. The topological polar surface area (TPSA) is 62.3 Å². The second kappa shape index (κ2) is 7.01. The molecule has 0 bridgehead atoms. The molecule has 1 aromatic carbocycles. The summed E-state index contributed by atoms with van der Waals surface area (Å²) in [4.78, 5) is 2.35. The molecule has 0 saturated heterocycles. The lowest BCUT2D eigenvalue weighted by molar-refractivity contribution is 0.183. The number of nitrogens with zero attached hydrogens (tertiary/aromatic N) is 1. The highest BCUT2D eigenvalue weighted by atomic mass is 16.5. The molecule has 0 heterocycles. The lowest BCUT2D eigenvalue weighted by atomic mass is 10.2. The SMILES string of the molecule is CCN(CCOc1ccc(C(=N)N)cc1)C(C)C. The predicted molar refractivity (Wildman–Crippen MR) is 75.3 cm³/mol. The van der Waals surface area contributed by atoms with Gasteiger partial charge in [-0.25, -0.2) is 0 Å². The Balaban J connectivity index is 2.42. The molecule has 4 heteroatoms. The second-order valence-corrected chi connectivity index (χ2v) is 4.51. The normalized spacial score (nSPS) is 10.9. The number of amidine groups is 1. The van der Waals surface area contributed by atoms with Gasteiger partial charge in [-0.1, -0.05) is 6.92 Å². The van der Waals surface area contributed by atoms with Gasteiger partial charge in [0.2, 0.25) is 0 Å². The minimum Gasteiger partial charge on any atom is -0.492 e. The molecule has 0 aliphatic carbocycles. The van der Waals surface area contributed by atoms with Crippen molar-refractivity contribution in [2.24, 2.45) is 5.73 Å². The Hall–Kier alpha value is -1.55. The zero-order valence-electron chi connectivity index (χ0n) is 11.4. The number of hydrogen-bond donors (Lipinski definition) is 2. The molecule has 0 aromatic heterocycles. The molecule has 3 N–H and O–H groups in total. The Morgan fingerprint density at radius 3 is 2.39 bits per heavy atom. The molecule has 4 nitrogen and oxygen atoms in total. The Bertz CT molecular complexity index is 373. The number of benzene rings is 1. The number of likely N-dealkylation sites (N-methyl/N-ethyl adjacent to an activating group) is 1. The quantitative estimate of drug-likeness (QED) is 0.574. The van der Waals surface area contributed by atoms with E-state index in [0.29, 0.717) is 12.6 Å². The van der Waals surface area contributed by atoms with Crippen LogP contribution in [0.5, 0.6) is 5.75 Å². The number of rotatable bonds is 7. The van der Waals surface area contributed by atoms with E-state index in [-0.39, 0.29) is 5.84 Å². The summed E-state index contributed by atoms with van der Waals surface area (Å²) in [6, 6.07) is 7.85. The average Bonchev–Trinajstić information content (AvgIpc) is 2.34. The van der Waals surface area contributed by atoms with E-state index in [2.05, 4.69) is 25.7 Å². The Kier molecular flexibility index (Phi) is 5.65. The third kappa shape index (κ3) is 4.37. The van der Waals surface area contributed by atoms with E-state index in [1.165, 1.54) is 0 Å². The van der Waals surface area contributed by atoms with Crippen molar-refractivity contribution in [2.45, 2.75) is 26.8 Å². The highest BCUT2D eigenvalue weighted by molar-refractivity contribution is 5.94. The van der Waals surface area contributed by atoms with E-state index >= 15 is 0 Å². The minimum absolute atomic E-state index is 0.0820. The molecule has 0 spiro atoms. The van der Waals surface area contributed by atoms with Gasteiger partial charge >= 0.3 is 0 Å². The van der Waals surface area contributed by atoms with E-state index in [1.807, 2.05) is 12.1 Å². The average molecular weight is 249 g/mol. The molecule has 0 amide bonds. The van der Waals surface area contributed by atoms with Crippen LogP contribution in [0.3, 0.4) is 0 Å². The van der Waals surface area contributed by atoms with Gasteiger partial charge in [-0.2, -0.15) is 0 Å². The number of nitrogens with one attached hydrogen (secondary N) is 1. The van der Waals surface area contributed by atoms with Crippen LogP contribution in [0, 0.1) is 5.41 Å².